The number of hydrogen-bond donors (Lipinski definition) is 0. The van der Waals surface area contributed by atoms with E-state index in [2.05, 4.69) is 4.98 Å². The standard InChI is InChI=1S/C11H14F2N2.C2H6/c1-9-2-3-10(8-14-9)15-6-4-11(12,13)5-7-15;1-2/h2-3,8H,4-7H2,1H3;1-2H3. The number of alkyl halides is 2. The molecular weight excluding hydrogens is 222 g/mol. The second-order valence-corrected chi connectivity index (χ2v) is 4.00. The summed E-state index contributed by atoms with van der Waals surface area (Å²) in [5.41, 5.74) is 1.89. The highest BCUT2D eigenvalue weighted by Gasteiger charge is 2.33. The van der Waals surface area contributed by atoms with E-state index in [-0.39, 0.29) is 12.8 Å². The van der Waals surface area contributed by atoms with Crippen molar-refractivity contribution in [3.63, 3.8) is 0 Å². The number of piperidine rings is 1. The molecule has 0 spiro atoms. The SMILES string of the molecule is CC.Cc1ccc(N2CCC(F)(F)CC2)cn1. The fraction of sp³-hybridized carbons (Fsp3) is 0.615. The van der Waals surface area contributed by atoms with Gasteiger partial charge in [0.1, 0.15) is 0 Å². The van der Waals surface area contributed by atoms with Gasteiger partial charge in [0.05, 0.1) is 11.9 Å². The van der Waals surface area contributed by atoms with Gasteiger partial charge in [0.2, 0.25) is 0 Å². The van der Waals surface area contributed by atoms with Crippen molar-refractivity contribution in [3.05, 3.63) is 24.0 Å². The topological polar surface area (TPSA) is 16.1 Å². The first-order valence-corrected chi connectivity index (χ1v) is 6.12. The van der Waals surface area contributed by atoms with Crippen molar-refractivity contribution in [1.82, 2.24) is 4.98 Å². The highest BCUT2D eigenvalue weighted by atomic mass is 19.3. The molecule has 2 heterocycles. The monoisotopic (exact) mass is 242 g/mol. The number of anilines is 1. The minimum absolute atomic E-state index is 0.0547. The van der Waals surface area contributed by atoms with Gasteiger partial charge in [-0.05, 0) is 19.1 Å². The van der Waals surface area contributed by atoms with Gasteiger partial charge in [0, 0.05) is 31.6 Å². The lowest BCUT2D eigenvalue weighted by atomic mass is 10.1. The Balaban J connectivity index is 0.000000686. The normalized spacial score (nSPS) is 18.3. The van der Waals surface area contributed by atoms with E-state index in [1.165, 1.54) is 0 Å². The van der Waals surface area contributed by atoms with Crippen molar-refractivity contribution in [3.8, 4) is 0 Å². The Morgan fingerprint density at radius 3 is 2.24 bits per heavy atom. The molecule has 1 fully saturated rings. The Morgan fingerprint density at radius 1 is 1.18 bits per heavy atom. The van der Waals surface area contributed by atoms with Gasteiger partial charge in [-0.1, -0.05) is 13.8 Å². The van der Waals surface area contributed by atoms with Crippen LogP contribution in [-0.2, 0) is 0 Å². The molecule has 0 atom stereocenters. The summed E-state index contributed by atoms with van der Waals surface area (Å²) in [5, 5.41) is 0. The minimum Gasteiger partial charge on any atom is -0.370 e. The Labute approximate surface area is 102 Å². The van der Waals surface area contributed by atoms with Crippen LogP contribution in [0.25, 0.3) is 0 Å². The van der Waals surface area contributed by atoms with E-state index >= 15 is 0 Å². The maximum Gasteiger partial charge on any atom is 0.251 e. The number of hydrogen-bond acceptors (Lipinski definition) is 2. The molecule has 1 saturated heterocycles. The first-order chi connectivity index (χ1) is 8.07. The fourth-order valence-electron chi connectivity index (χ4n) is 1.74. The summed E-state index contributed by atoms with van der Waals surface area (Å²) in [7, 11) is 0. The van der Waals surface area contributed by atoms with Crippen LogP contribution in [0, 0.1) is 6.92 Å². The van der Waals surface area contributed by atoms with Crippen molar-refractivity contribution in [2.45, 2.75) is 39.5 Å². The van der Waals surface area contributed by atoms with Gasteiger partial charge < -0.3 is 4.90 Å². The zero-order valence-electron chi connectivity index (χ0n) is 10.7. The zero-order chi connectivity index (χ0) is 12.9. The molecule has 0 bridgehead atoms. The average molecular weight is 242 g/mol. The molecule has 4 heteroatoms. The summed E-state index contributed by atoms with van der Waals surface area (Å²) in [6, 6.07) is 3.84. The zero-order valence-corrected chi connectivity index (χ0v) is 10.7. The van der Waals surface area contributed by atoms with E-state index in [1.54, 1.807) is 6.20 Å². The van der Waals surface area contributed by atoms with E-state index in [9.17, 15) is 8.78 Å². The van der Waals surface area contributed by atoms with Crippen molar-refractivity contribution in [1.29, 1.82) is 0 Å². The minimum atomic E-state index is -2.48. The molecule has 0 N–H and O–H groups in total. The number of pyridine rings is 1. The van der Waals surface area contributed by atoms with Crippen LogP contribution in [0.1, 0.15) is 32.4 Å². The molecule has 0 radical (unpaired) electrons. The van der Waals surface area contributed by atoms with Gasteiger partial charge in [-0.3, -0.25) is 4.98 Å². The predicted octanol–water partition coefficient (Wildman–Crippen LogP) is 3.65. The maximum atomic E-state index is 12.9. The Hall–Kier alpha value is -1.19. The van der Waals surface area contributed by atoms with E-state index in [0.29, 0.717) is 13.1 Å². The molecule has 1 aliphatic rings. The lowest BCUT2D eigenvalue weighted by Crippen LogP contribution is -2.39. The Kier molecular flexibility index (Phi) is 4.85. The number of aryl methyl sites for hydroxylation is 1. The van der Waals surface area contributed by atoms with E-state index < -0.39 is 5.92 Å². The molecule has 0 saturated carbocycles. The first-order valence-electron chi connectivity index (χ1n) is 6.12. The maximum absolute atomic E-state index is 12.9. The van der Waals surface area contributed by atoms with Gasteiger partial charge in [-0.25, -0.2) is 8.78 Å². The lowest BCUT2D eigenvalue weighted by Gasteiger charge is -2.33. The molecule has 0 aliphatic carbocycles. The third kappa shape index (κ3) is 3.95. The highest BCUT2D eigenvalue weighted by molar-refractivity contribution is 5.44. The smallest absolute Gasteiger partial charge is 0.251 e. The second kappa shape index (κ2) is 5.94. The van der Waals surface area contributed by atoms with Gasteiger partial charge in [-0.15, -0.1) is 0 Å². The first kappa shape index (κ1) is 13.9. The lowest BCUT2D eigenvalue weighted by molar-refractivity contribution is -0.0220. The number of aromatic nitrogens is 1. The number of nitrogens with zero attached hydrogens (tertiary/aromatic N) is 2. The summed E-state index contributed by atoms with van der Waals surface area (Å²) >= 11 is 0. The van der Waals surface area contributed by atoms with E-state index in [0.717, 1.165) is 11.4 Å². The van der Waals surface area contributed by atoms with Gasteiger partial charge in [-0.2, -0.15) is 0 Å². The molecule has 2 nitrogen and oxygen atoms in total. The molecule has 0 unspecified atom stereocenters. The largest absolute Gasteiger partial charge is 0.370 e. The fourth-order valence-corrected chi connectivity index (χ4v) is 1.74. The van der Waals surface area contributed by atoms with Crippen molar-refractivity contribution in [2.75, 3.05) is 18.0 Å². The van der Waals surface area contributed by atoms with Crippen LogP contribution in [0.3, 0.4) is 0 Å². The third-order valence-corrected chi connectivity index (χ3v) is 2.76. The molecule has 96 valence electrons. The molecule has 0 amide bonds. The Bertz CT molecular complexity index is 326. The van der Waals surface area contributed by atoms with Crippen molar-refractivity contribution in [2.24, 2.45) is 0 Å². The number of rotatable bonds is 1. The third-order valence-electron chi connectivity index (χ3n) is 2.76. The summed E-state index contributed by atoms with van der Waals surface area (Å²) < 4.78 is 25.8. The van der Waals surface area contributed by atoms with Crippen LogP contribution < -0.4 is 4.90 Å². The van der Waals surface area contributed by atoms with Crippen LogP contribution in [0.15, 0.2) is 18.3 Å². The van der Waals surface area contributed by atoms with Crippen LogP contribution in [0.5, 0.6) is 0 Å². The average Bonchev–Trinajstić information content (AvgIpc) is 2.33. The van der Waals surface area contributed by atoms with E-state index in [4.69, 9.17) is 0 Å². The number of halogens is 2. The van der Waals surface area contributed by atoms with E-state index in [1.807, 2.05) is 37.8 Å². The molecule has 0 aromatic carbocycles. The highest BCUT2D eigenvalue weighted by Crippen LogP contribution is 2.29. The van der Waals surface area contributed by atoms with Gasteiger partial charge in [0.15, 0.2) is 0 Å². The molecule has 17 heavy (non-hydrogen) atoms. The molecule has 1 aromatic rings. The summed E-state index contributed by atoms with van der Waals surface area (Å²) in [6.07, 6.45) is 1.64. The summed E-state index contributed by atoms with van der Waals surface area (Å²) in [4.78, 5) is 6.12. The molecule has 1 aliphatic heterocycles. The van der Waals surface area contributed by atoms with Gasteiger partial charge >= 0.3 is 0 Å². The van der Waals surface area contributed by atoms with Crippen LogP contribution in [-0.4, -0.2) is 24.0 Å². The van der Waals surface area contributed by atoms with Crippen molar-refractivity contribution < 1.29 is 8.78 Å². The van der Waals surface area contributed by atoms with Crippen LogP contribution >= 0.6 is 0 Å². The van der Waals surface area contributed by atoms with Crippen LogP contribution in [0.2, 0.25) is 0 Å². The molecule has 1 aromatic heterocycles. The molecular formula is C13H20F2N2. The molecule has 2 rings (SSSR count). The quantitative estimate of drug-likeness (QED) is 0.747. The summed E-state index contributed by atoms with van der Waals surface area (Å²) in [5.74, 6) is -2.48. The summed E-state index contributed by atoms with van der Waals surface area (Å²) in [6.45, 7) is 6.74. The van der Waals surface area contributed by atoms with Crippen molar-refractivity contribution >= 4 is 5.69 Å². The predicted molar refractivity (Wildman–Crippen MR) is 66.7 cm³/mol. The Morgan fingerprint density at radius 2 is 1.76 bits per heavy atom. The van der Waals surface area contributed by atoms with Gasteiger partial charge in [0.25, 0.3) is 5.92 Å². The van der Waals surface area contributed by atoms with Crippen LogP contribution in [0.4, 0.5) is 14.5 Å². The second-order valence-electron chi connectivity index (χ2n) is 4.00.